The second kappa shape index (κ2) is 15.3. The van der Waals surface area contributed by atoms with E-state index in [-0.39, 0.29) is 53.3 Å². The molecule has 1 saturated heterocycles. The molecule has 0 spiro atoms. The number of nitrogens with two attached hydrogens (primary N) is 1. The summed E-state index contributed by atoms with van der Waals surface area (Å²) in [5, 5.41) is 62.2. The number of benzene rings is 3. The summed E-state index contributed by atoms with van der Waals surface area (Å²) in [6.07, 6.45) is -4.68. The first kappa shape index (κ1) is 39.8. The molecule has 17 heteroatoms. The number of ketones is 2. The zero-order valence-electron chi connectivity index (χ0n) is 27.8. The standard InChI is InChI=1S/C27H30N2O10.C7H9NO2S.ClH/c1-10-22(31)13(28)6-17(38-10)39-15-8-27(36,16(29)9-30)7-12-19(15)26(35)21-20(24(12)33)23(32)11-4-3-5-14(37-2)18(11)25(21)34;1-8-11(9,10)7-5-3-2-4-6-7;/h3-5,10,13,15,17,22,29-31,33,35-36H,6-9,28H2,1-2H3;2-6,8H,1H3;1H/t10-,13-,15-,17-,22+,27-;;/m0../s1. The van der Waals surface area contributed by atoms with Gasteiger partial charge >= 0.3 is 0 Å². The molecule has 3 aromatic rings. The van der Waals surface area contributed by atoms with Crippen LogP contribution in [0.3, 0.4) is 0 Å². The Kier molecular flexibility index (Phi) is 12.0. The molecule has 0 radical (unpaired) electrons. The van der Waals surface area contributed by atoms with Gasteiger partial charge in [-0.25, -0.2) is 13.1 Å². The van der Waals surface area contributed by atoms with Crippen molar-refractivity contribution in [2.75, 3.05) is 20.8 Å². The molecule has 0 bridgehead atoms. The average Bonchev–Trinajstić information content (AvgIpc) is 3.10. The van der Waals surface area contributed by atoms with Gasteiger partial charge in [-0.3, -0.25) is 9.59 Å². The maximum absolute atomic E-state index is 13.7. The molecule has 0 amide bonds. The number of phenols is 2. The molecule has 2 aliphatic carbocycles. The van der Waals surface area contributed by atoms with E-state index in [2.05, 4.69) is 4.72 Å². The van der Waals surface area contributed by atoms with Crippen molar-refractivity contribution >= 4 is 39.7 Å². The Morgan fingerprint density at radius 2 is 1.71 bits per heavy atom. The van der Waals surface area contributed by atoms with Crippen LogP contribution < -0.4 is 15.2 Å². The number of hydrogen-bond donors (Lipinski definition) is 8. The Balaban J connectivity index is 0.000000417. The number of phenolic OH excluding ortho intramolecular Hbond substituents is 2. The molecule has 0 saturated carbocycles. The number of aromatic hydroxyl groups is 2. The van der Waals surface area contributed by atoms with Crippen molar-refractivity contribution in [1.29, 1.82) is 5.41 Å². The quantitative estimate of drug-likeness (QED) is 0.0985. The minimum absolute atomic E-state index is 0. The highest BCUT2D eigenvalue weighted by Gasteiger charge is 2.49. The second-order valence-corrected chi connectivity index (χ2v) is 14.1. The third kappa shape index (κ3) is 7.24. The normalized spacial score (nSPS) is 25.3. The van der Waals surface area contributed by atoms with E-state index in [1.165, 1.54) is 32.4 Å². The van der Waals surface area contributed by atoms with E-state index >= 15 is 0 Å². The number of nitrogens with one attached hydrogen (secondary N) is 2. The van der Waals surface area contributed by atoms with Crippen LogP contribution in [-0.2, 0) is 25.9 Å². The molecule has 1 aliphatic heterocycles. The van der Waals surface area contributed by atoms with Gasteiger partial charge in [-0.1, -0.05) is 30.3 Å². The predicted molar refractivity (Wildman–Crippen MR) is 184 cm³/mol. The van der Waals surface area contributed by atoms with Crippen molar-refractivity contribution in [3.63, 3.8) is 0 Å². The third-order valence-corrected chi connectivity index (χ3v) is 10.6. The van der Waals surface area contributed by atoms with Crippen LogP contribution in [0.1, 0.15) is 68.8 Å². The summed E-state index contributed by atoms with van der Waals surface area (Å²) < 4.78 is 41.5. The van der Waals surface area contributed by atoms with Crippen molar-refractivity contribution in [2.24, 2.45) is 5.73 Å². The summed E-state index contributed by atoms with van der Waals surface area (Å²) in [5.41, 5.74) is 2.40. The van der Waals surface area contributed by atoms with Gasteiger partial charge in [0.1, 0.15) is 22.8 Å². The van der Waals surface area contributed by atoms with Crippen LogP contribution in [0.4, 0.5) is 0 Å². The fourth-order valence-corrected chi connectivity index (χ4v) is 7.24. The van der Waals surface area contributed by atoms with Gasteiger partial charge in [0.2, 0.25) is 15.8 Å². The van der Waals surface area contributed by atoms with E-state index in [4.69, 9.17) is 25.4 Å². The first-order valence-corrected chi connectivity index (χ1v) is 17.1. The fraction of sp³-hybridized carbons (Fsp3) is 0.382. The van der Waals surface area contributed by atoms with Crippen LogP contribution in [0.15, 0.2) is 53.4 Å². The summed E-state index contributed by atoms with van der Waals surface area (Å²) in [5.74, 6) is -2.63. The monoisotopic (exact) mass is 749 g/mol. The third-order valence-electron chi connectivity index (χ3n) is 9.18. The Hall–Kier alpha value is -3.97. The molecule has 1 fully saturated rings. The van der Waals surface area contributed by atoms with Crippen LogP contribution in [0.25, 0.3) is 0 Å². The Bertz CT molecular complexity index is 1930. The van der Waals surface area contributed by atoms with Crippen molar-refractivity contribution in [3.05, 3.63) is 81.9 Å². The topological polar surface area (TPSA) is 259 Å². The van der Waals surface area contributed by atoms with E-state index in [0.29, 0.717) is 4.90 Å². The van der Waals surface area contributed by atoms with E-state index in [1.807, 2.05) is 0 Å². The molecule has 3 aromatic carbocycles. The van der Waals surface area contributed by atoms with Crippen LogP contribution in [-0.4, -0.2) is 102 Å². The molecule has 9 N–H and O–H groups in total. The molecule has 3 aliphatic rings. The second-order valence-electron chi connectivity index (χ2n) is 12.2. The van der Waals surface area contributed by atoms with Gasteiger partial charge in [0.25, 0.3) is 0 Å². The lowest BCUT2D eigenvalue weighted by atomic mass is 9.71. The SMILES string of the molecule is CNS(=O)(=O)c1ccccc1.COc1cccc2c1C(=O)c1c(O)c3c(c(O)c1C2=O)C[C@@](O)(C(=N)CO)C[C@@H]3O[C@H]1C[C@H](N)[C@H](O)[C@H](C)O1.Cl. The number of methoxy groups -OCH3 is 1. The van der Waals surface area contributed by atoms with Crippen molar-refractivity contribution in [2.45, 2.75) is 67.3 Å². The fourth-order valence-electron chi connectivity index (χ4n) is 6.49. The number of rotatable bonds is 7. The lowest BCUT2D eigenvalue weighted by Crippen LogP contribution is -2.53. The van der Waals surface area contributed by atoms with Gasteiger partial charge in [0.15, 0.2) is 12.1 Å². The predicted octanol–water partition coefficient (Wildman–Crippen LogP) is 1.47. The molecular weight excluding hydrogens is 710 g/mol. The average molecular weight is 750 g/mol. The summed E-state index contributed by atoms with van der Waals surface area (Å²) in [6, 6.07) is 11.9. The summed E-state index contributed by atoms with van der Waals surface area (Å²) >= 11 is 0. The molecule has 0 aromatic heterocycles. The minimum Gasteiger partial charge on any atom is -0.507 e. The number of sulfonamides is 1. The van der Waals surface area contributed by atoms with Gasteiger partial charge in [0.05, 0.1) is 59.3 Å². The number of halogens is 1. The lowest BCUT2D eigenvalue weighted by Gasteiger charge is -2.42. The summed E-state index contributed by atoms with van der Waals surface area (Å²) in [4.78, 5) is 27.5. The molecule has 6 atom stereocenters. The van der Waals surface area contributed by atoms with Gasteiger partial charge in [-0.05, 0) is 32.2 Å². The molecule has 1 heterocycles. The van der Waals surface area contributed by atoms with Crippen molar-refractivity contribution < 1.29 is 57.8 Å². The van der Waals surface area contributed by atoms with E-state index in [1.54, 1.807) is 37.3 Å². The number of carbonyl (C=O) groups is 2. The molecule has 276 valence electrons. The highest BCUT2D eigenvalue weighted by atomic mass is 35.5. The van der Waals surface area contributed by atoms with Gasteiger partial charge < -0.3 is 50.9 Å². The molecule has 0 unspecified atom stereocenters. The maximum Gasteiger partial charge on any atom is 0.240 e. The Morgan fingerprint density at radius 3 is 2.29 bits per heavy atom. The first-order valence-electron chi connectivity index (χ1n) is 15.6. The van der Waals surface area contributed by atoms with Crippen molar-refractivity contribution in [1.82, 2.24) is 4.72 Å². The molecule has 15 nitrogen and oxygen atoms in total. The number of aliphatic hydroxyl groups excluding tert-OH is 2. The number of fused-ring (bicyclic) bond motifs is 3. The maximum atomic E-state index is 13.7. The number of carbonyl (C=O) groups excluding carboxylic acids is 2. The van der Waals surface area contributed by atoms with E-state index < -0.39 is 99.2 Å². The number of ether oxygens (including phenoxy) is 3. The highest BCUT2D eigenvalue weighted by Crippen LogP contribution is 2.52. The van der Waals surface area contributed by atoms with Crippen LogP contribution in [0.5, 0.6) is 17.2 Å². The molecular formula is C34H40ClN3O12S. The lowest BCUT2D eigenvalue weighted by molar-refractivity contribution is -0.245. The van der Waals surface area contributed by atoms with Crippen molar-refractivity contribution in [3.8, 4) is 17.2 Å². The highest BCUT2D eigenvalue weighted by molar-refractivity contribution is 7.89. The van der Waals surface area contributed by atoms with E-state index in [0.717, 1.165) is 0 Å². The van der Waals surface area contributed by atoms with Crippen LogP contribution in [0.2, 0.25) is 0 Å². The zero-order chi connectivity index (χ0) is 36.7. The Labute approximate surface area is 299 Å². The van der Waals surface area contributed by atoms with Gasteiger partial charge in [-0.15, -0.1) is 12.4 Å². The zero-order valence-corrected chi connectivity index (χ0v) is 29.5. The summed E-state index contributed by atoms with van der Waals surface area (Å²) in [6.45, 7) is 0.802. The number of hydrogen-bond acceptors (Lipinski definition) is 14. The van der Waals surface area contributed by atoms with E-state index in [9.17, 15) is 43.5 Å². The largest absolute Gasteiger partial charge is 0.507 e. The van der Waals surface area contributed by atoms with Gasteiger partial charge in [0, 0.05) is 42.0 Å². The summed E-state index contributed by atoms with van der Waals surface area (Å²) in [7, 11) is -0.523. The molecule has 51 heavy (non-hydrogen) atoms. The number of aliphatic hydroxyl groups is 3. The van der Waals surface area contributed by atoms with Crippen LogP contribution in [0, 0.1) is 5.41 Å². The van der Waals surface area contributed by atoms with Crippen LogP contribution >= 0.6 is 12.4 Å². The molecule has 6 rings (SSSR count). The first-order chi connectivity index (χ1) is 23.6. The minimum atomic E-state index is -3.25. The Morgan fingerprint density at radius 1 is 1.06 bits per heavy atom. The smallest absolute Gasteiger partial charge is 0.240 e. The van der Waals surface area contributed by atoms with Gasteiger partial charge in [-0.2, -0.15) is 0 Å².